The maximum Gasteiger partial charge on any atom is 0.324 e. The maximum atomic E-state index is 12.3. The number of carbonyl (C=O) groups excluding carboxylic acids is 1. The van der Waals surface area contributed by atoms with Crippen LogP contribution >= 0.6 is 11.3 Å². The molecule has 6 rings (SSSR count). The molecule has 3 N–H and O–H groups in total. The van der Waals surface area contributed by atoms with E-state index < -0.39 is 0 Å². The van der Waals surface area contributed by atoms with Gasteiger partial charge in [0.1, 0.15) is 5.82 Å². The molecule has 2 amide bonds. The van der Waals surface area contributed by atoms with E-state index in [4.69, 9.17) is 24.4 Å². The zero-order chi connectivity index (χ0) is 26.4. The minimum absolute atomic E-state index is 0.366. The second-order valence-corrected chi connectivity index (χ2v) is 10.3. The summed E-state index contributed by atoms with van der Waals surface area (Å²) >= 11 is 1.71. The molecule has 0 bridgehead atoms. The van der Waals surface area contributed by atoms with E-state index in [2.05, 4.69) is 42.8 Å². The molecule has 12 nitrogen and oxygen atoms in total. The van der Waals surface area contributed by atoms with Gasteiger partial charge in [0.2, 0.25) is 5.95 Å². The number of aromatic amines is 1. The number of morpholine rings is 2. The van der Waals surface area contributed by atoms with Crippen LogP contribution in [-0.2, 0) is 16.0 Å². The summed E-state index contributed by atoms with van der Waals surface area (Å²) in [5.74, 6) is 2.39. The number of rotatable bonds is 7. The number of anilines is 3. The second kappa shape index (κ2) is 11.9. The van der Waals surface area contributed by atoms with Crippen LogP contribution in [0.2, 0.25) is 0 Å². The zero-order valence-electron chi connectivity index (χ0n) is 21.3. The quantitative estimate of drug-likeness (QED) is 0.319. The van der Waals surface area contributed by atoms with Crippen molar-refractivity contribution in [2.24, 2.45) is 0 Å². The summed E-state index contributed by atoms with van der Waals surface area (Å²) in [5.41, 5.74) is 1.47. The smallest absolute Gasteiger partial charge is 0.324 e. The van der Waals surface area contributed by atoms with Crippen molar-refractivity contribution in [2.45, 2.75) is 6.54 Å². The van der Waals surface area contributed by atoms with Gasteiger partial charge in [-0.1, -0.05) is 0 Å². The number of aromatic nitrogens is 5. The first-order valence-corrected chi connectivity index (χ1v) is 13.7. The number of amides is 2. The van der Waals surface area contributed by atoms with E-state index >= 15 is 0 Å². The molecule has 2 aliphatic rings. The number of nitrogens with zero attached hydrogens (tertiary/aromatic N) is 6. The number of ether oxygens (including phenoxy) is 2. The Kier molecular flexibility index (Phi) is 7.72. The van der Waals surface area contributed by atoms with Gasteiger partial charge in [-0.15, -0.1) is 11.3 Å². The van der Waals surface area contributed by atoms with Crippen LogP contribution in [0.5, 0.6) is 0 Å². The molecule has 0 radical (unpaired) electrons. The maximum absolute atomic E-state index is 12.3. The summed E-state index contributed by atoms with van der Waals surface area (Å²) in [4.78, 5) is 33.6. The van der Waals surface area contributed by atoms with Crippen LogP contribution in [0.1, 0.15) is 4.88 Å². The first-order valence-electron chi connectivity index (χ1n) is 12.9. The highest BCUT2D eigenvalue weighted by Crippen LogP contribution is 2.30. The SMILES string of the molecule is O=C(Nc1ccc(-c2nc(-c3ccc(CN4CCOCC4)s3)nc(N3CCOCC3)n2)cc1)Nc1ccn[nH]1. The summed E-state index contributed by atoms with van der Waals surface area (Å²) in [6.45, 7) is 7.07. The summed E-state index contributed by atoms with van der Waals surface area (Å²) in [7, 11) is 0. The highest BCUT2D eigenvalue weighted by atomic mass is 32.1. The van der Waals surface area contributed by atoms with Gasteiger partial charge >= 0.3 is 6.03 Å². The Labute approximate surface area is 229 Å². The number of nitrogens with one attached hydrogen (secondary N) is 3. The number of thiophene rings is 1. The molecule has 0 unspecified atom stereocenters. The van der Waals surface area contributed by atoms with Gasteiger partial charge in [-0.3, -0.25) is 15.3 Å². The fourth-order valence-electron chi connectivity index (χ4n) is 4.38. The predicted molar refractivity (Wildman–Crippen MR) is 149 cm³/mol. The summed E-state index contributed by atoms with van der Waals surface area (Å²) in [5, 5.41) is 12.0. The van der Waals surface area contributed by atoms with Gasteiger partial charge in [-0.25, -0.2) is 9.78 Å². The van der Waals surface area contributed by atoms with E-state index in [0.717, 1.165) is 56.4 Å². The summed E-state index contributed by atoms with van der Waals surface area (Å²) in [6, 6.07) is 13.0. The number of urea groups is 1. The molecule has 0 aliphatic carbocycles. The van der Waals surface area contributed by atoms with Crippen molar-refractivity contribution in [3.8, 4) is 22.1 Å². The van der Waals surface area contributed by atoms with Crippen molar-refractivity contribution < 1.29 is 14.3 Å². The van der Waals surface area contributed by atoms with Crippen molar-refractivity contribution in [1.29, 1.82) is 0 Å². The Hall–Kier alpha value is -3.91. The van der Waals surface area contributed by atoms with Gasteiger partial charge in [0.15, 0.2) is 11.6 Å². The highest BCUT2D eigenvalue weighted by molar-refractivity contribution is 7.15. The van der Waals surface area contributed by atoms with E-state index in [0.29, 0.717) is 42.3 Å². The Morgan fingerprint density at radius 3 is 2.36 bits per heavy atom. The first kappa shape index (κ1) is 25.4. The molecule has 39 heavy (non-hydrogen) atoms. The van der Waals surface area contributed by atoms with Crippen molar-refractivity contribution in [1.82, 2.24) is 30.0 Å². The van der Waals surface area contributed by atoms with Crippen LogP contribution in [0.25, 0.3) is 22.1 Å². The molecule has 0 atom stereocenters. The topological polar surface area (TPSA) is 133 Å². The molecule has 2 saturated heterocycles. The van der Waals surface area contributed by atoms with Gasteiger partial charge in [-0.05, 0) is 36.4 Å². The third-order valence-corrected chi connectivity index (χ3v) is 7.50. The van der Waals surface area contributed by atoms with Gasteiger partial charge in [0, 0.05) is 54.9 Å². The van der Waals surface area contributed by atoms with Gasteiger partial charge in [0.25, 0.3) is 0 Å². The van der Waals surface area contributed by atoms with Crippen LogP contribution in [0.3, 0.4) is 0 Å². The van der Waals surface area contributed by atoms with E-state index in [1.54, 1.807) is 23.6 Å². The molecule has 2 fully saturated rings. The molecule has 2 aliphatic heterocycles. The standard InChI is InChI=1S/C26H29N9O3S/c36-26(29-22-7-8-27-33-22)28-19-3-1-18(2-4-19)23-30-24(32-25(31-23)35-11-15-38-16-12-35)21-6-5-20(39-21)17-34-9-13-37-14-10-34/h1-8H,9-17H2,(H3,27,28,29,33,36). The molecule has 0 saturated carbocycles. The van der Waals surface area contributed by atoms with Gasteiger partial charge in [0.05, 0.1) is 37.5 Å². The van der Waals surface area contributed by atoms with Crippen LogP contribution in [0, 0.1) is 0 Å². The third kappa shape index (κ3) is 6.40. The Balaban J connectivity index is 1.23. The fraction of sp³-hybridized carbons (Fsp3) is 0.346. The molecular formula is C26H29N9O3S. The van der Waals surface area contributed by atoms with Crippen molar-refractivity contribution >= 4 is 34.8 Å². The number of hydrogen-bond acceptors (Lipinski definition) is 10. The number of benzene rings is 1. The van der Waals surface area contributed by atoms with Crippen LogP contribution in [0.4, 0.5) is 22.2 Å². The minimum Gasteiger partial charge on any atom is -0.379 e. The van der Waals surface area contributed by atoms with Gasteiger partial charge in [-0.2, -0.15) is 15.1 Å². The van der Waals surface area contributed by atoms with E-state index in [-0.39, 0.29) is 6.03 Å². The number of carbonyl (C=O) groups is 1. The lowest BCUT2D eigenvalue weighted by Gasteiger charge is -2.27. The lowest BCUT2D eigenvalue weighted by atomic mass is 10.2. The monoisotopic (exact) mass is 547 g/mol. The van der Waals surface area contributed by atoms with Crippen molar-refractivity contribution in [3.05, 3.63) is 53.5 Å². The molecule has 13 heteroatoms. The predicted octanol–water partition coefficient (Wildman–Crippen LogP) is 3.30. The average molecular weight is 548 g/mol. The van der Waals surface area contributed by atoms with Crippen molar-refractivity contribution in [3.63, 3.8) is 0 Å². The highest BCUT2D eigenvalue weighted by Gasteiger charge is 2.19. The number of hydrogen-bond donors (Lipinski definition) is 3. The lowest BCUT2D eigenvalue weighted by Crippen LogP contribution is -2.37. The second-order valence-electron chi connectivity index (χ2n) is 9.16. The average Bonchev–Trinajstić information content (AvgIpc) is 3.67. The first-order chi connectivity index (χ1) is 19.2. The molecule has 202 valence electrons. The normalized spacial score (nSPS) is 16.3. The molecule has 3 aromatic heterocycles. The Morgan fingerprint density at radius 1 is 0.872 bits per heavy atom. The molecule has 5 heterocycles. The van der Waals surface area contributed by atoms with Crippen molar-refractivity contribution in [2.75, 3.05) is 68.1 Å². The van der Waals surface area contributed by atoms with E-state index in [1.807, 2.05) is 24.3 Å². The molecule has 1 aromatic carbocycles. The Bertz CT molecular complexity index is 1380. The van der Waals surface area contributed by atoms with Crippen LogP contribution in [-0.4, -0.2) is 88.7 Å². The zero-order valence-corrected chi connectivity index (χ0v) is 22.1. The fourth-order valence-corrected chi connectivity index (χ4v) is 5.37. The molecular weight excluding hydrogens is 518 g/mol. The van der Waals surface area contributed by atoms with E-state index in [9.17, 15) is 4.79 Å². The van der Waals surface area contributed by atoms with E-state index in [1.165, 1.54) is 4.88 Å². The molecule has 0 spiro atoms. The summed E-state index contributed by atoms with van der Waals surface area (Å²) in [6.07, 6.45) is 1.57. The Morgan fingerprint density at radius 2 is 1.62 bits per heavy atom. The minimum atomic E-state index is -0.366. The van der Waals surface area contributed by atoms with Crippen LogP contribution < -0.4 is 15.5 Å². The number of H-pyrrole nitrogens is 1. The summed E-state index contributed by atoms with van der Waals surface area (Å²) < 4.78 is 11.0. The van der Waals surface area contributed by atoms with Crippen LogP contribution in [0.15, 0.2) is 48.7 Å². The third-order valence-electron chi connectivity index (χ3n) is 6.43. The molecule has 4 aromatic rings. The largest absolute Gasteiger partial charge is 0.379 e. The van der Waals surface area contributed by atoms with Gasteiger partial charge < -0.3 is 19.7 Å². The lowest BCUT2D eigenvalue weighted by molar-refractivity contribution is 0.0346.